The van der Waals surface area contributed by atoms with E-state index in [0.717, 1.165) is 11.3 Å². The lowest BCUT2D eigenvalue weighted by Crippen LogP contribution is -2.20. The van der Waals surface area contributed by atoms with Crippen molar-refractivity contribution in [1.29, 1.82) is 5.26 Å². The van der Waals surface area contributed by atoms with Crippen LogP contribution in [0, 0.1) is 11.3 Å². The predicted molar refractivity (Wildman–Crippen MR) is 75.9 cm³/mol. The van der Waals surface area contributed by atoms with E-state index in [1.807, 2.05) is 20.8 Å². The first-order valence-corrected chi connectivity index (χ1v) is 6.49. The van der Waals surface area contributed by atoms with Crippen molar-refractivity contribution in [2.75, 3.05) is 0 Å². The van der Waals surface area contributed by atoms with Gasteiger partial charge in [0.15, 0.2) is 5.69 Å². The molecule has 2 rings (SSSR count). The van der Waals surface area contributed by atoms with Crippen LogP contribution in [-0.2, 0) is 12.0 Å². The van der Waals surface area contributed by atoms with Crippen molar-refractivity contribution in [3.63, 3.8) is 0 Å². The van der Waals surface area contributed by atoms with Gasteiger partial charge in [0.25, 0.3) is 0 Å². The molecule has 0 spiro atoms. The summed E-state index contributed by atoms with van der Waals surface area (Å²) < 4.78 is 1.69. The summed E-state index contributed by atoms with van der Waals surface area (Å²) >= 11 is 0. The number of rotatable bonds is 3. The minimum Gasteiger partial charge on any atom is -0.478 e. The summed E-state index contributed by atoms with van der Waals surface area (Å²) in [5.74, 6) is -0.954. The van der Waals surface area contributed by atoms with E-state index in [0.29, 0.717) is 12.2 Å². The molecule has 21 heavy (non-hydrogen) atoms. The maximum Gasteiger partial charge on any atom is 0.335 e. The second kappa shape index (κ2) is 5.37. The van der Waals surface area contributed by atoms with E-state index < -0.39 is 5.97 Å². The SMILES string of the molecule is CC(C)(C)c1c(C#N)nnn1Cc1ccc(C(=O)O)cc1. The molecule has 0 aliphatic rings. The Morgan fingerprint density at radius 1 is 1.33 bits per heavy atom. The van der Waals surface area contributed by atoms with E-state index in [1.54, 1.807) is 28.9 Å². The second-order valence-electron chi connectivity index (χ2n) is 5.81. The Morgan fingerprint density at radius 3 is 2.43 bits per heavy atom. The van der Waals surface area contributed by atoms with Crippen molar-refractivity contribution in [1.82, 2.24) is 15.0 Å². The van der Waals surface area contributed by atoms with Gasteiger partial charge in [0.05, 0.1) is 17.8 Å². The number of hydrogen-bond donors (Lipinski definition) is 1. The average Bonchev–Trinajstić information content (AvgIpc) is 2.82. The first-order chi connectivity index (χ1) is 9.82. The van der Waals surface area contributed by atoms with Gasteiger partial charge in [0.1, 0.15) is 6.07 Å². The number of benzene rings is 1. The fraction of sp³-hybridized carbons (Fsp3) is 0.333. The molecule has 6 nitrogen and oxygen atoms in total. The zero-order valence-electron chi connectivity index (χ0n) is 12.2. The first-order valence-electron chi connectivity index (χ1n) is 6.49. The van der Waals surface area contributed by atoms with Gasteiger partial charge in [-0.15, -0.1) is 5.10 Å². The molecule has 0 saturated heterocycles. The third-order valence-corrected chi connectivity index (χ3v) is 3.08. The number of carboxylic acids is 1. The minimum atomic E-state index is -0.954. The molecule has 2 aromatic rings. The summed E-state index contributed by atoms with van der Waals surface area (Å²) in [6, 6.07) is 8.64. The summed E-state index contributed by atoms with van der Waals surface area (Å²) in [6.45, 7) is 6.44. The minimum absolute atomic E-state index is 0.242. The third kappa shape index (κ3) is 3.08. The van der Waals surface area contributed by atoms with Gasteiger partial charge in [-0.3, -0.25) is 0 Å². The Balaban J connectivity index is 2.34. The predicted octanol–water partition coefficient (Wildman–Crippen LogP) is 2.19. The number of carbonyl (C=O) groups is 1. The topological polar surface area (TPSA) is 91.8 Å². The third-order valence-electron chi connectivity index (χ3n) is 3.08. The van der Waals surface area contributed by atoms with Crippen LogP contribution in [0.1, 0.15) is 48.1 Å². The number of nitriles is 1. The molecule has 1 aromatic carbocycles. The second-order valence-corrected chi connectivity index (χ2v) is 5.81. The molecule has 0 radical (unpaired) electrons. The van der Waals surface area contributed by atoms with Crippen LogP contribution in [0.3, 0.4) is 0 Å². The summed E-state index contributed by atoms with van der Waals surface area (Å²) in [5, 5.41) is 26.0. The van der Waals surface area contributed by atoms with E-state index in [4.69, 9.17) is 10.4 Å². The summed E-state index contributed by atoms with van der Waals surface area (Å²) in [4.78, 5) is 10.8. The quantitative estimate of drug-likeness (QED) is 0.932. The van der Waals surface area contributed by atoms with Gasteiger partial charge in [-0.05, 0) is 17.7 Å². The van der Waals surface area contributed by atoms with Gasteiger partial charge in [-0.2, -0.15) is 5.26 Å². The van der Waals surface area contributed by atoms with E-state index in [-0.39, 0.29) is 11.0 Å². The van der Waals surface area contributed by atoms with Gasteiger partial charge >= 0.3 is 5.97 Å². The zero-order chi connectivity index (χ0) is 15.6. The molecule has 0 aliphatic heterocycles. The molecular weight excluding hydrogens is 268 g/mol. The highest BCUT2D eigenvalue weighted by Crippen LogP contribution is 2.24. The molecule has 1 heterocycles. The number of hydrogen-bond acceptors (Lipinski definition) is 4. The van der Waals surface area contributed by atoms with Crippen LogP contribution in [0.4, 0.5) is 0 Å². The smallest absolute Gasteiger partial charge is 0.335 e. The van der Waals surface area contributed by atoms with Crippen molar-refractivity contribution in [3.8, 4) is 6.07 Å². The maximum atomic E-state index is 10.8. The Labute approximate surface area is 122 Å². The Kier molecular flexibility index (Phi) is 3.76. The van der Waals surface area contributed by atoms with E-state index in [2.05, 4.69) is 16.4 Å². The van der Waals surface area contributed by atoms with Gasteiger partial charge in [0, 0.05) is 5.41 Å². The highest BCUT2D eigenvalue weighted by molar-refractivity contribution is 5.87. The van der Waals surface area contributed by atoms with E-state index >= 15 is 0 Å². The average molecular weight is 284 g/mol. The molecule has 0 atom stereocenters. The van der Waals surface area contributed by atoms with Crippen LogP contribution in [0.2, 0.25) is 0 Å². The van der Waals surface area contributed by atoms with Crippen molar-refractivity contribution in [2.24, 2.45) is 0 Å². The van der Waals surface area contributed by atoms with Crippen LogP contribution in [0.5, 0.6) is 0 Å². The lowest BCUT2D eigenvalue weighted by atomic mass is 9.90. The molecule has 0 aliphatic carbocycles. The molecular formula is C15H16N4O2. The fourth-order valence-electron chi connectivity index (χ4n) is 2.17. The molecule has 0 amide bonds. The van der Waals surface area contributed by atoms with Crippen LogP contribution in [0.15, 0.2) is 24.3 Å². The molecule has 0 fully saturated rings. The van der Waals surface area contributed by atoms with Crippen molar-refractivity contribution in [2.45, 2.75) is 32.7 Å². The van der Waals surface area contributed by atoms with Gasteiger partial charge in [0.2, 0.25) is 0 Å². The summed E-state index contributed by atoms with van der Waals surface area (Å²) in [6.07, 6.45) is 0. The Hall–Kier alpha value is -2.68. The van der Waals surface area contributed by atoms with Crippen molar-refractivity contribution in [3.05, 3.63) is 46.8 Å². The molecule has 1 aromatic heterocycles. The van der Waals surface area contributed by atoms with E-state index in [9.17, 15) is 4.79 Å². The molecule has 6 heteroatoms. The number of carboxylic acid groups (broad SMARTS) is 1. The Morgan fingerprint density at radius 2 is 1.95 bits per heavy atom. The molecule has 0 bridgehead atoms. The highest BCUT2D eigenvalue weighted by atomic mass is 16.4. The largest absolute Gasteiger partial charge is 0.478 e. The molecule has 1 N–H and O–H groups in total. The van der Waals surface area contributed by atoms with Crippen LogP contribution in [0.25, 0.3) is 0 Å². The molecule has 0 saturated carbocycles. The van der Waals surface area contributed by atoms with Crippen LogP contribution < -0.4 is 0 Å². The fourth-order valence-corrected chi connectivity index (χ4v) is 2.17. The standard InChI is InChI=1S/C15H16N4O2/c1-15(2,3)13-12(8-16)17-18-19(13)9-10-4-6-11(7-5-10)14(20)21/h4-7H,9H2,1-3H3,(H,20,21). The Bertz CT molecular complexity index is 703. The van der Waals surface area contributed by atoms with Gasteiger partial charge in [-0.1, -0.05) is 38.1 Å². The van der Waals surface area contributed by atoms with E-state index in [1.165, 1.54) is 0 Å². The number of nitrogens with zero attached hydrogens (tertiary/aromatic N) is 4. The van der Waals surface area contributed by atoms with Crippen LogP contribution in [-0.4, -0.2) is 26.1 Å². The zero-order valence-corrected chi connectivity index (χ0v) is 12.2. The highest BCUT2D eigenvalue weighted by Gasteiger charge is 2.25. The lowest BCUT2D eigenvalue weighted by molar-refractivity contribution is 0.0697. The molecule has 108 valence electrons. The van der Waals surface area contributed by atoms with Gasteiger partial charge in [-0.25, -0.2) is 9.48 Å². The number of aromatic carboxylic acids is 1. The monoisotopic (exact) mass is 284 g/mol. The number of aromatic nitrogens is 3. The summed E-state index contributed by atoms with van der Waals surface area (Å²) in [5.41, 5.74) is 1.98. The summed E-state index contributed by atoms with van der Waals surface area (Å²) in [7, 11) is 0. The maximum absolute atomic E-state index is 10.8. The van der Waals surface area contributed by atoms with Crippen molar-refractivity contribution < 1.29 is 9.90 Å². The van der Waals surface area contributed by atoms with Gasteiger partial charge < -0.3 is 5.11 Å². The first kappa shape index (κ1) is 14.7. The normalized spacial score (nSPS) is 11.1. The molecule has 0 unspecified atom stereocenters. The lowest BCUT2D eigenvalue weighted by Gasteiger charge is -2.19. The van der Waals surface area contributed by atoms with Crippen LogP contribution >= 0.6 is 0 Å². The van der Waals surface area contributed by atoms with Crippen molar-refractivity contribution >= 4 is 5.97 Å².